The van der Waals surface area contributed by atoms with Crippen LogP contribution < -0.4 is 5.90 Å². The van der Waals surface area contributed by atoms with Crippen LogP contribution in [0.3, 0.4) is 0 Å². The molecule has 2 nitrogen and oxygen atoms in total. The van der Waals surface area contributed by atoms with Crippen LogP contribution in [0.5, 0.6) is 0 Å². The smallest absolute Gasteiger partial charge is 0.101 e. The van der Waals surface area contributed by atoms with E-state index in [1.807, 2.05) is 6.92 Å². The van der Waals surface area contributed by atoms with Gasteiger partial charge in [-0.1, -0.05) is 23.8 Å². The molecule has 1 unspecified atom stereocenters. The molecule has 0 aliphatic carbocycles. The summed E-state index contributed by atoms with van der Waals surface area (Å²) in [6, 6.07) is 6.27. The van der Waals surface area contributed by atoms with E-state index in [4.69, 9.17) is 10.7 Å². The zero-order valence-electron chi connectivity index (χ0n) is 7.79. The second-order valence-electron chi connectivity index (χ2n) is 3.14. The average Bonchev–Trinajstić information content (AvgIpc) is 2.08. The molecule has 0 radical (unpaired) electrons. The van der Waals surface area contributed by atoms with Gasteiger partial charge < -0.3 is 0 Å². The third kappa shape index (κ3) is 1.84. The molecular weight excluding hydrogens is 150 g/mol. The third-order valence-corrected chi connectivity index (χ3v) is 2.08. The SMILES string of the molecule is Cc1ccc(C)c(C(C)ON)c1. The molecule has 0 aliphatic heterocycles. The first kappa shape index (κ1) is 9.23. The maximum atomic E-state index is 5.12. The zero-order chi connectivity index (χ0) is 9.14. The van der Waals surface area contributed by atoms with E-state index in [1.54, 1.807) is 0 Å². The summed E-state index contributed by atoms with van der Waals surface area (Å²) in [5, 5.41) is 0. The van der Waals surface area contributed by atoms with Crippen molar-refractivity contribution in [3.05, 3.63) is 34.9 Å². The van der Waals surface area contributed by atoms with E-state index in [2.05, 4.69) is 32.0 Å². The van der Waals surface area contributed by atoms with Crippen LogP contribution in [0.2, 0.25) is 0 Å². The second-order valence-corrected chi connectivity index (χ2v) is 3.14. The largest absolute Gasteiger partial charge is 0.297 e. The molecule has 0 fully saturated rings. The Balaban J connectivity index is 3.04. The van der Waals surface area contributed by atoms with E-state index in [0.717, 1.165) is 5.56 Å². The predicted molar refractivity (Wildman–Crippen MR) is 49.6 cm³/mol. The van der Waals surface area contributed by atoms with Crippen molar-refractivity contribution in [1.82, 2.24) is 0 Å². The van der Waals surface area contributed by atoms with Crippen molar-refractivity contribution in [2.45, 2.75) is 26.9 Å². The molecular formula is C10H15NO. The summed E-state index contributed by atoms with van der Waals surface area (Å²) in [5.41, 5.74) is 3.62. The van der Waals surface area contributed by atoms with E-state index >= 15 is 0 Å². The Kier molecular flexibility index (Phi) is 2.84. The van der Waals surface area contributed by atoms with E-state index in [9.17, 15) is 0 Å². The molecule has 66 valence electrons. The minimum Gasteiger partial charge on any atom is -0.297 e. The lowest BCUT2D eigenvalue weighted by Crippen LogP contribution is -2.06. The van der Waals surface area contributed by atoms with Crippen LogP contribution in [-0.4, -0.2) is 0 Å². The molecule has 0 spiro atoms. The molecule has 0 aromatic heterocycles. The monoisotopic (exact) mass is 165 g/mol. The first-order valence-corrected chi connectivity index (χ1v) is 4.08. The molecule has 1 rings (SSSR count). The summed E-state index contributed by atoms with van der Waals surface area (Å²) in [6.45, 7) is 6.07. The Morgan fingerprint density at radius 2 is 2.00 bits per heavy atom. The Morgan fingerprint density at radius 3 is 2.58 bits per heavy atom. The van der Waals surface area contributed by atoms with Crippen molar-refractivity contribution in [2.24, 2.45) is 5.90 Å². The summed E-state index contributed by atoms with van der Waals surface area (Å²) in [7, 11) is 0. The van der Waals surface area contributed by atoms with Crippen LogP contribution in [-0.2, 0) is 4.84 Å². The lowest BCUT2D eigenvalue weighted by Gasteiger charge is -2.12. The quantitative estimate of drug-likeness (QED) is 0.682. The molecule has 0 aliphatic rings. The van der Waals surface area contributed by atoms with Crippen molar-refractivity contribution >= 4 is 0 Å². The highest BCUT2D eigenvalue weighted by Gasteiger charge is 2.06. The Bertz CT molecular complexity index is 271. The number of hydrogen-bond acceptors (Lipinski definition) is 2. The van der Waals surface area contributed by atoms with Gasteiger partial charge in [0.25, 0.3) is 0 Å². The molecule has 0 saturated heterocycles. The van der Waals surface area contributed by atoms with E-state index < -0.39 is 0 Å². The molecule has 0 saturated carbocycles. The number of aryl methyl sites for hydroxylation is 2. The second kappa shape index (κ2) is 3.70. The van der Waals surface area contributed by atoms with Gasteiger partial charge in [-0.2, -0.15) is 0 Å². The first-order valence-electron chi connectivity index (χ1n) is 4.08. The fourth-order valence-corrected chi connectivity index (χ4v) is 1.27. The molecule has 1 atom stereocenters. The van der Waals surface area contributed by atoms with Gasteiger partial charge in [-0.3, -0.25) is 4.84 Å². The Hall–Kier alpha value is -0.860. The van der Waals surface area contributed by atoms with Crippen LogP contribution in [0.25, 0.3) is 0 Å². The molecule has 0 bridgehead atoms. The van der Waals surface area contributed by atoms with Crippen molar-refractivity contribution < 1.29 is 4.84 Å². The lowest BCUT2D eigenvalue weighted by atomic mass is 10.0. The fourth-order valence-electron chi connectivity index (χ4n) is 1.27. The van der Waals surface area contributed by atoms with Crippen LogP contribution in [0.1, 0.15) is 29.7 Å². The van der Waals surface area contributed by atoms with Crippen LogP contribution >= 0.6 is 0 Å². The number of rotatable bonds is 2. The van der Waals surface area contributed by atoms with Gasteiger partial charge in [-0.25, -0.2) is 5.90 Å². The topological polar surface area (TPSA) is 35.2 Å². The van der Waals surface area contributed by atoms with Crippen molar-refractivity contribution in [1.29, 1.82) is 0 Å². The van der Waals surface area contributed by atoms with Gasteiger partial charge >= 0.3 is 0 Å². The highest BCUT2D eigenvalue weighted by atomic mass is 16.6. The summed E-state index contributed by atoms with van der Waals surface area (Å²) in [5.74, 6) is 5.12. The number of benzene rings is 1. The Labute approximate surface area is 73.3 Å². The summed E-state index contributed by atoms with van der Waals surface area (Å²) < 4.78 is 0. The summed E-state index contributed by atoms with van der Waals surface area (Å²) in [4.78, 5) is 4.77. The standard InChI is InChI=1S/C10H15NO/c1-7-4-5-8(2)10(6-7)9(3)12-11/h4-6,9H,11H2,1-3H3. The molecule has 2 N–H and O–H groups in total. The van der Waals surface area contributed by atoms with Gasteiger partial charge in [0.1, 0.15) is 6.10 Å². The van der Waals surface area contributed by atoms with Gasteiger partial charge in [0, 0.05) is 0 Å². The molecule has 1 aromatic rings. The normalized spacial score (nSPS) is 13.0. The summed E-state index contributed by atoms with van der Waals surface area (Å²) >= 11 is 0. The maximum Gasteiger partial charge on any atom is 0.101 e. The van der Waals surface area contributed by atoms with Crippen LogP contribution in [0, 0.1) is 13.8 Å². The number of hydrogen-bond donors (Lipinski definition) is 1. The van der Waals surface area contributed by atoms with Gasteiger partial charge in [-0.15, -0.1) is 0 Å². The lowest BCUT2D eigenvalue weighted by molar-refractivity contribution is 0.0659. The molecule has 12 heavy (non-hydrogen) atoms. The average molecular weight is 165 g/mol. The zero-order valence-corrected chi connectivity index (χ0v) is 7.79. The molecule has 1 aromatic carbocycles. The predicted octanol–water partition coefficient (Wildman–Crippen LogP) is 2.25. The van der Waals surface area contributed by atoms with Crippen molar-refractivity contribution in [3.63, 3.8) is 0 Å². The summed E-state index contributed by atoms with van der Waals surface area (Å²) in [6.07, 6.45) is -0.0232. The highest BCUT2D eigenvalue weighted by molar-refractivity contribution is 5.31. The minimum atomic E-state index is -0.0232. The van der Waals surface area contributed by atoms with Gasteiger partial charge in [0.05, 0.1) is 0 Å². The van der Waals surface area contributed by atoms with E-state index in [1.165, 1.54) is 11.1 Å². The molecule has 2 heteroatoms. The maximum absolute atomic E-state index is 5.12. The van der Waals surface area contributed by atoms with Gasteiger partial charge in [0.2, 0.25) is 0 Å². The Morgan fingerprint density at radius 1 is 1.33 bits per heavy atom. The molecule has 0 heterocycles. The first-order chi connectivity index (χ1) is 5.65. The highest BCUT2D eigenvalue weighted by Crippen LogP contribution is 2.20. The van der Waals surface area contributed by atoms with Crippen molar-refractivity contribution in [3.8, 4) is 0 Å². The van der Waals surface area contributed by atoms with E-state index in [-0.39, 0.29) is 6.10 Å². The van der Waals surface area contributed by atoms with E-state index in [0.29, 0.717) is 0 Å². The fraction of sp³-hybridized carbons (Fsp3) is 0.400. The van der Waals surface area contributed by atoms with Crippen LogP contribution in [0.15, 0.2) is 18.2 Å². The van der Waals surface area contributed by atoms with Gasteiger partial charge in [0.15, 0.2) is 0 Å². The van der Waals surface area contributed by atoms with Crippen LogP contribution in [0.4, 0.5) is 0 Å². The number of nitrogens with two attached hydrogens (primary N) is 1. The van der Waals surface area contributed by atoms with Gasteiger partial charge in [-0.05, 0) is 31.9 Å². The minimum absolute atomic E-state index is 0.0232. The third-order valence-electron chi connectivity index (χ3n) is 2.08. The van der Waals surface area contributed by atoms with Crippen molar-refractivity contribution in [2.75, 3.05) is 0 Å². The molecule has 0 amide bonds.